The number of aromatic nitrogens is 3. The fourth-order valence-corrected chi connectivity index (χ4v) is 2.76. The van der Waals surface area contributed by atoms with Crippen molar-refractivity contribution < 1.29 is 9.53 Å². The summed E-state index contributed by atoms with van der Waals surface area (Å²) in [4.78, 5) is 19.4. The van der Waals surface area contributed by atoms with Crippen LogP contribution >= 0.6 is 23.2 Å². The van der Waals surface area contributed by atoms with Crippen LogP contribution in [-0.2, 0) is 16.1 Å². The molecule has 0 saturated heterocycles. The van der Waals surface area contributed by atoms with Gasteiger partial charge in [-0.15, -0.1) is 0 Å². The molecule has 2 aromatic rings. The summed E-state index contributed by atoms with van der Waals surface area (Å²) in [5, 5.41) is 1.35. The predicted molar refractivity (Wildman–Crippen MR) is 87.3 cm³/mol. The van der Waals surface area contributed by atoms with Gasteiger partial charge < -0.3 is 9.30 Å². The lowest BCUT2D eigenvalue weighted by atomic mass is 10.1. The first-order chi connectivity index (χ1) is 10.6. The number of ether oxygens (including phenoxy) is 1. The Labute approximate surface area is 139 Å². The van der Waals surface area contributed by atoms with E-state index in [1.54, 1.807) is 0 Å². The molecule has 0 aliphatic rings. The van der Waals surface area contributed by atoms with Gasteiger partial charge in [-0.25, -0.2) is 4.98 Å². The average molecular weight is 344 g/mol. The molecule has 5 nitrogen and oxygen atoms in total. The van der Waals surface area contributed by atoms with Crippen LogP contribution in [0.15, 0.2) is 12.3 Å². The lowest BCUT2D eigenvalue weighted by Crippen LogP contribution is -2.03. The van der Waals surface area contributed by atoms with E-state index in [0.29, 0.717) is 18.2 Å². The maximum Gasteiger partial charge on any atom is 0.305 e. The second-order valence-electron chi connectivity index (χ2n) is 5.00. The molecule has 120 valence electrons. The number of nitrogens with zero attached hydrogens (tertiary/aromatic N) is 3. The smallest absolute Gasteiger partial charge is 0.305 e. The standard InChI is InChI=1S/C15H19Cl2N3O2/c1-2-22-12(21)7-5-3-4-6-9-20-10-8-11-13(16)18-15(17)19-14(11)20/h8,10H,2-7,9H2,1H3. The van der Waals surface area contributed by atoms with Crippen LogP contribution in [-0.4, -0.2) is 27.1 Å². The largest absolute Gasteiger partial charge is 0.466 e. The molecule has 0 bridgehead atoms. The Morgan fingerprint density at radius 1 is 1.23 bits per heavy atom. The molecule has 0 saturated carbocycles. The van der Waals surface area contributed by atoms with Crippen LogP contribution in [0.2, 0.25) is 10.4 Å². The summed E-state index contributed by atoms with van der Waals surface area (Å²) in [5.41, 5.74) is 0.761. The number of fused-ring (bicyclic) bond motifs is 1. The molecule has 7 heteroatoms. The molecular formula is C15H19Cl2N3O2. The fourth-order valence-electron chi connectivity index (χ4n) is 2.32. The van der Waals surface area contributed by atoms with Crippen LogP contribution in [0.25, 0.3) is 11.0 Å². The lowest BCUT2D eigenvalue weighted by molar-refractivity contribution is -0.143. The average Bonchev–Trinajstić information content (AvgIpc) is 2.86. The molecule has 0 atom stereocenters. The number of esters is 1. The van der Waals surface area contributed by atoms with Crippen LogP contribution < -0.4 is 0 Å². The van der Waals surface area contributed by atoms with Crippen molar-refractivity contribution in [3.8, 4) is 0 Å². The molecule has 0 amide bonds. The first kappa shape index (κ1) is 17.0. The number of carbonyl (C=O) groups excluding carboxylic acids is 1. The van der Waals surface area contributed by atoms with Crippen LogP contribution in [0.5, 0.6) is 0 Å². The van der Waals surface area contributed by atoms with Crippen molar-refractivity contribution in [3.05, 3.63) is 22.7 Å². The van der Waals surface area contributed by atoms with Crippen molar-refractivity contribution in [2.75, 3.05) is 6.61 Å². The number of hydrogen-bond donors (Lipinski definition) is 0. The second-order valence-corrected chi connectivity index (χ2v) is 5.70. The SMILES string of the molecule is CCOC(=O)CCCCCCn1ccc2c(Cl)nc(Cl)nc21. The van der Waals surface area contributed by atoms with E-state index in [0.717, 1.165) is 43.3 Å². The summed E-state index contributed by atoms with van der Waals surface area (Å²) in [7, 11) is 0. The third-order valence-electron chi connectivity index (χ3n) is 3.38. The van der Waals surface area contributed by atoms with Gasteiger partial charge in [-0.05, 0) is 37.4 Å². The monoisotopic (exact) mass is 343 g/mol. The number of halogens is 2. The van der Waals surface area contributed by atoms with Gasteiger partial charge in [-0.2, -0.15) is 4.98 Å². The lowest BCUT2D eigenvalue weighted by Gasteiger charge is -2.05. The summed E-state index contributed by atoms with van der Waals surface area (Å²) in [6.45, 7) is 3.11. The van der Waals surface area contributed by atoms with Gasteiger partial charge in [0, 0.05) is 19.2 Å². The Balaban J connectivity index is 1.77. The number of rotatable bonds is 8. The van der Waals surface area contributed by atoms with Gasteiger partial charge in [0.25, 0.3) is 0 Å². The molecule has 0 aromatic carbocycles. The van der Waals surface area contributed by atoms with E-state index in [2.05, 4.69) is 9.97 Å². The fraction of sp³-hybridized carbons (Fsp3) is 0.533. The van der Waals surface area contributed by atoms with Crippen molar-refractivity contribution in [1.29, 1.82) is 0 Å². The Hall–Kier alpha value is -1.33. The van der Waals surface area contributed by atoms with E-state index in [1.165, 1.54) is 0 Å². The normalized spacial score (nSPS) is 11.0. The highest BCUT2D eigenvalue weighted by Crippen LogP contribution is 2.23. The minimum atomic E-state index is -0.111. The molecule has 0 radical (unpaired) electrons. The maximum atomic E-state index is 11.2. The zero-order chi connectivity index (χ0) is 15.9. The molecule has 2 heterocycles. The van der Waals surface area contributed by atoms with Crippen molar-refractivity contribution >= 4 is 40.2 Å². The molecule has 2 aromatic heterocycles. The number of unbranched alkanes of at least 4 members (excludes halogenated alkanes) is 3. The van der Waals surface area contributed by atoms with Crippen LogP contribution in [0.3, 0.4) is 0 Å². The van der Waals surface area contributed by atoms with Gasteiger partial charge in [0.2, 0.25) is 5.28 Å². The molecule has 0 spiro atoms. The van der Waals surface area contributed by atoms with Gasteiger partial charge in [0.1, 0.15) is 10.8 Å². The maximum absolute atomic E-state index is 11.2. The quantitative estimate of drug-likeness (QED) is 0.311. The minimum absolute atomic E-state index is 0.111. The molecule has 2 rings (SSSR count). The van der Waals surface area contributed by atoms with Gasteiger partial charge in [-0.1, -0.05) is 24.4 Å². The number of carbonyl (C=O) groups is 1. The van der Waals surface area contributed by atoms with Crippen molar-refractivity contribution in [2.24, 2.45) is 0 Å². The van der Waals surface area contributed by atoms with Gasteiger partial charge in [0.05, 0.1) is 12.0 Å². The summed E-state index contributed by atoms with van der Waals surface area (Å²) in [5.74, 6) is -0.111. The first-order valence-electron chi connectivity index (χ1n) is 7.45. The van der Waals surface area contributed by atoms with E-state index in [-0.39, 0.29) is 11.3 Å². The van der Waals surface area contributed by atoms with E-state index in [1.807, 2.05) is 23.8 Å². The van der Waals surface area contributed by atoms with Crippen LogP contribution in [0.1, 0.15) is 39.0 Å². The third kappa shape index (κ3) is 4.58. The van der Waals surface area contributed by atoms with E-state index in [9.17, 15) is 4.79 Å². The molecular weight excluding hydrogens is 325 g/mol. The Kier molecular flexibility index (Phi) is 6.46. The van der Waals surface area contributed by atoms with Crippen LogP contribution in [0, 0.1) is 0 Å². The number of hydrogen-bond acceptors (Lipinski definition) is 4. The highest BCUT2D eigenvalue weighted by atomic mass is 35.5. The zero-order valence-corrected chi connectivity index (χ0v) is 14.0. The van der Waals surface area contributed by atoms with Crippen molar-refractivity contribution in [3.63, 3.8) is 0 Å². The molecule has 0 N–H and O–H groups in total. The Morgan fingerprint density at radius 3 is 2.77 bits per heavy atom. The predicted octanol–water partition coefficient (Wildman–Crippen LogP) is 4.25. The highest BCUT2D eigenvalue weighted by Gasteiger charge is 2.09. The molecule has 0 aliphatic heterocycles. The first-order valence-corrected chi connectivity index (χ1v) is 8.21. The number of aryl methyl sites for hydroxylation is 1. The second kappa shape index (κ2) is 8.34. The molecule has 0 aliphatic carbocycles. The summed E-state index contributed by atoms with van der Waals surface area (Å²) in [6.07, 6.45) is 6.37. The Bertz CT molecular complexity index is 643. The van der Waals surface area contributed by atoms with Crippen molar-refractivity contribution in [1.82, 2.24) is 14.5 Å². The van der Waals surface area contributed by atoms with Crippen LogP contribution in [0.4, 0.5) is 0 Å². The summed E-state index contributed by atoms with van der Waals surface area (Å²) >= 11 is 11.9. The Morgan fingerprint density at radius 2 is 2.00 bits per heavy atom. The van der Waals surface area contributed by atoms with E-state index in [4.69, 9.17) is 27.9 Å². The molecule has 0 fully saturated rings. The summed E-state index contributed by atoms with van der Waals surface area (Å²) < 4.78 is 6.92. The topological polar surface area (TPSA) is 57.0 Å². The van der Waals surface area contributed by atoms with E-state index < -0.39 is 0 Å². The van der Waals surface area contributed by atoms with Gasteiger partial charge >= 0.3 is 5.97 Å². The third-order valence-corrected chi connectivity index (χ3v) is 3.84. The van der Waals surface area contributed by atoms with Gasteiger partial charge in [-0.3, -0.25) is 4.79 Å². The minimum Gasteiger partial charge on any atom is -0.466 e. The highest BCUT2D eigenvalue weighted by molar-refractivity contribution is 6.35. The zero-order valence-electron chi connectivity index (χ0n) is 12.5. The summed E-state index contributed by atoms with van der Waals surface area (Å²) in [6, 6.07) is 1.90. The van der Waals surface area contributed by atoms with Crippen molar-refractivity contribution in [2.45, 2.75) is 45.6 Å². The molecule has 0 unspecified atom stereocenters. The van der Waals surface area contributed by atoms with Gasteiger partial charge in [0.15, 0.2) is 0 Å². The molecule has 22 heavy (non-hydrogen) atoms. The van der Waals surface area contributed by atoms with E-state index >= 15 is 0 Å².